The molecule has 0 heterocycles. The van der Waals surface area contributed by atoms with Gasteiger partial charge >= 0.3 is 0 Å². The van der Waals surface area contributed by atoms with Crippen molar-refractivity contribution >= 4 is 15.7 Å². The fraction of sp³-hybridized carbons (Fsp3) is 0.941. The number of carbonyl (C=O) groups is 1. The third-order valence-corrected chi connectivity index (χ3v) is 7.64. The van der Waals surface area contributed by atoms with Crippen LogP contribution in [0.15, 0.2) is 0 Å². The lowest BCUT2D eigenvalue weighted by molar-refractivity contribution is -0.122. The average molecular weight is 347 g/mol. The van der Waals surface area contributed by atoms with Crippen LogP contribution in [0.4, 0.5) is 0 Å². The molecular weight excluding hydrogens is 312 g/mol. The molecule has 1 aliphatic rings. The summed E-state index contributed by atoms with van der Waals surface area (Å²) in [5, 5.41) is 1.57. The lowest BCUT2D eigenvalue weighted by atomic mass is 10.0. The van der Waals surface area contributed by atoms with Gasteiger partial charge in [0.15, 0.2) is 9.84 Å². The second-order valence-electron chi connectivity index (χ2n) is 7.10. The summed E-state index contributed by atoms with van der Waals surface area (Å²) >= 11 is 0. The Morgan fingerprint density at radius 3 is 2.30 bits per heavy atom. The van der Waals surface area contributed by atoms with E-state index in [-0.39, 0.29) is 23.1 Å². The van der Waals surface area contributed by atoms with Gasteiger partial charge < -0.3 is 11.1 Å². The van der Waals surface area contributed by atoms with E-state index >= 15 is 0 Å². The van der Waals surface area contributed by atoms with Gasteiger partial charge in [-0.2, -0.15) is 0 Å². The van der Waals surface area contributed by atoms with Crippen LogP contribution in [0.2, 0.25) is 0 Å². The standard InChI is InChI=1S/C17H34N2O3S/c1-4-5-9-14(12-18)19-17(20)16(13(2)3)23(21,22)15-10-7-6-8-11-15/h13-16H,4-12,18H2,1-3H3,(H,19,20). The van der Waals surface area contributed by atoms with Crippen LogP contribution >= 0.6 is 0 Å². The SMILES string of the molecule is CCCCC(CN)NC(=O)C(C(C)C)S(=O)(=O)C1CCCCC1. The molecule has 0 spiro atoms. The Kier molecular flexibility index (Phi) is 8.54. The molecule has 0 aromatic rings. The molecule has 5 nitrogen and oxygen atoms in total. The van der Waals surface area contributed by atoms with Crippen LogP contribution in [-0.4, -0.2) is 37.4 Å². The summed E-state index contributed by atoms with van der Waals surface area (Å²) in [5.41, 5.74) is 5.73. The van der Waals surface area contributed by atoms with Gasteiger partial charge in [-0.15, -0.1) is 0 Å². The van der Waals surface area contributed by atoms with Crippen molar-refractivity contribution in [3.8, 4) is 0 Å². The maximum atomic E-state index is 13.0. The number of hydrogen-bond acceptors (Lipinski definition) is 4. The van der Waals surface area contributed by atoms with E-state index < -0.39 is 15.1 Å². The molecule has 0 bridgehead atoms. The maximum Gasteiger partial charge on any atom is 0.238 e. The summed E-state index contributed by atoms with van der Waals surface area (Å²) in [4.78, 5) is 12.7. The Labute approximate surface area is 141 Å². The minimum Gasteiger partial charge on any atom is -0.351 e. The molecule has 0 aliphatic heterocycles. The van der Waals surface area contributed by atoms with E-state index in [9.17, 15) is 13.2 Å². The molecule has 1 amide bonds. The van der Waals surface area contributed by atoms with E-state index in [1.807, 2.05) is 13.8 Å². The monoisotopic (exact) mass is 346 g/mol. The maximum absolute atomic E-state index is 13.0. The molecule has 6 heteroatoms. The van der Waals surface area contributed by atoms with Crippen LogP contribution in [0, 0.1) is 5.92 Å². The molecule has 2 unspecified atom stereocenters. The summed E-state index contributed by atoms with van der Waals surface area (Å²) < 4.78 is 25.9. The van der Waals surface area contributed by atoms with Gasteiger partial charge in [0.05, 0.1) is 5.25 Å². The smallest absolute Gasteiger partial charge is 0.238 e. The summed E-state index contributed by atoms with van der Waals surface area (Å²) in [7, 11) is -3.45. The van der Waals surface area contributed by atoms with Crippen molar-refractivity contribution in [1.29, 1.82) is 0 Å². The number of unbranched alkanes of at least 4 members (excludes halogenated alkanes) is 1. The lowest BCUT2D eigenvalue weighted by Crippen LogP contribution is -2.51. The van der Waals surface area contributed by atoms with Gasteiger partial charge in [0.25, 0.3) is 0 Å². The summed E-state index contributed by atoms with van der Waals surface area (Å²) in [6, 6.07) is -0.134. The molecule has 0 radical (unpaired) electrons. The third kappa shape index (κ3) is 5.75. The molecule has 1 saturated carbocycles. The number of amides is 1. The van der Waals surface area contributed by atoms with E-state index in [4.69, 9.17) is 5.73 Å². The van der Waals surface area contributed by atoms with E-state index in [2.05, 4.69) is 12.2 Å². The van der Waals surface area contributed by atoms with Crippen molar-refractivity contribution in [1.82, 2.24) is 5.32 Å². The van der Waals surface area contributed by atoms with Crippen LogP contribution in [0.1, 0.15) is 72.1 Å². The zero-order valence-electron chi connectivity index (χ0n) is 14.9. The van der Waals surface area contributed by atoms with Gasteiger partial charge in [-0.25, -0.2) is 8.42 Å². The number of hydrogen-bond donors (Lipinski definition) is 2. The molecule has 0 saturated heterocycles. The first kappa shape index (κ1) is 20.4. The molecule has 1 rings (SSSR count). The Balaban J connectivity index is 2.85. The highest BCUT2D eigenvalue weighted by Crippen LogP contribution is 2.29. The minimum absolute atomic E-state index is 0.134. The van der Waals surface area contributed by atoms with Crippen molar-refractivity contribution in [3.05, 3.63) is 0 Å². The number of sulfone groups is 1. The van der Waals surface area contributed by atoms with Crippen molar-refractivity contribution in [2.24, 2.45) is 11.7 Å². The highest BCUT2D eigenvalue weighted by atomic mass is 32.2. The van der Waals surface area contributed by atoms with Gasteiger partial charge in [0, 0.05) is 12.6 Å². The van der Waals surface area contributed by atoms with Crippen molar-refractivity contribution in [3.63, 3.8) is 0 Å². The second kappa shape index (κ2) is 9.62. The number of carbonyl (C=O) groups excluding carboxylic acids is 1. The van der Waals surface area contributed by atoms with Crippen LogP contribution in [0.5, 0.6) is 0 Å². The van der Waals surface area contributed by atoms with Crippen molar-refractivity contribution in [2.75, 3.05) is 6.54 Å². The largest absolute Gasteiger partial charge is 0.351 e. The molecule has 2 atom stereocenters. The fourth-order valence-corrected chi connectivity index (χ4v) is 5.95. The van der Waals surface area contributed by atoms with Crippen LogP contribution in [-0.2, 0) is 14.6 Å². The lowest BCUT2D eigenvalue weighted by Gasteiger charge is -2.29. The Morgan fingerprint density at radius 2 is 1.83 bits per heavy atom. The summed E-state index contributed by atoms with van der Waals surface area (Å²) in [6.45, 7) is 6.06. The Bertz CT molecular complexity index is 456. The Hall–Kier alpha value is -0.620. The predicted octanol–water partition coefficient (Wildman–Crippen LogP) is 2.39. The van der Waals surface area contributed by atoms with Gasteiger partial charge in [0.1, 0.15) is 5.25 Å². The second-order valence-corrected chi connectivity index (χ2v) is 9.45. The molecule has 1 aliphatic carbocycles. The van der Waals surface area contributed by atoms with Crippen LogP contribution < -0.4 is 11.1 Å². The first-order valence-electron chi connectivity index (χ1n) is 9.07. The molecule has 136 valence electrons. The van der Waals surface area contributed by atoms with Gasteiger partial charge in [0.2, 0.25) is 5.91 Å². The molecule has 0 aromatic heterocycles. The minimum atomic E-state index is -3.45. The predicted molar refractivity (Wildman–Crippen MR) is 94.9 cm³/mol. The van der Waals surface area contributed by atoms with E-state index in [0.717, 1.165) is 38.5 Å². The molecule has 3 N–H and O–H groups in total. The van der Waals surface area contributed by atoms with Gasteiger partial charge in [-0.3, -0.25) is 4.79 Å². The summed E-state index contributed by atoms with van der Waals surface area (Å²) in [5.74, 6) is -0.594. The van der Waals surface area contributed by atoms with Gasteiger partial charge in [-0.1, -0.05) is 52.9 Å². The topological polar surface area (TPSA) is 89.3 Å². The van der Waals surface area contributed by atoms with Crippen molar-refractivity contribution < 1.29 is 13.2 Å². The van der Waals surface area contributed by atoms with E-state index in [1.54, 1.807) is 0 Å². The van der Waals surface area contributed by atoms with Crippen molar-refractivity contribution in [2.45, 2.75) is 88.7 Å². The van der Waals surface area contributed by atoms with Crippen LogP contribution in [0.3, 0.4) is 0 Å². The van der Waals surface area contributed by atoms with Crippen LogP contribution in [0.25, 0.3) is 0 Å². The molecule has 0 aromatic carbocycles. The normalized spacial score (nSPS) is 19.5. The quantitative estimate of drug-likeness (QED) is 0.671. The Morgan fingerprint density at radius 1 is 1.22 bits per heavy atom. The fourth-order valence-electron chi connectivity index (χ4n) is 3.42. The zero-order chi connectivity index (χ0) is 17.5. The molecule has 23 heavy (non-hydrogen) atoms. The molecular formula is C17H34N2O3S. The first-order valence-corrected chi connectivity index (χ1v) is 10.7. The van der Waals surface area contributed by atoms with E-state index in [0.29, 0.717) is 19.4 Å². The number of rotatable bonds is 9. The first-order chi connectivity index (χ1) is 10.8. The summed E-state index contributed by atoms with van der Waals surface area (Å²) in [6.07, 6.45) is 7.16. The highest BCUT2D eigenvalue weighted by molar-refractivity contribution is 7.93. The van der Waals surface area contributed by atoms with E-state index in [1.165, 1.54) is 0 Å². The number of nitrogens with two attached hydrogens (primary N) is 1. The average Bonchev–Trinajstić information content (AvgIpc) is 2.51. The highest BCUT2D eigenvalue weighted by Gasteiger charge is 2.41. The third-order valence-electron chi connectivity index (χ3n) is 4.77. The number of nitrogens with one attached hydrogen (secondary N) is 1. The zero-order valence-corrected chi connectivity index (χ0v) is 15.7. The molecule has 1 fully saturated rings. The van der Waals surface area contributed by atoms with Gasteiger partial charge in [-0.05, 0) is 25.2 Å².